The molecule has 1 saturated heterocycles. The van der Waals surface area contributed by atoms with E-state index < -0.39 is 0 Å². The summed E-state index contributed by atoms with van der Waals surface area (Å²) in [5, 5.41) is 3.11. The Labute approximate surface area is 173 Å². The van der Waals surface area contributed by atoms with Crippen molar-refractivity contribution in [3.8, 4) is 0 Å². The van der Waals surface area contributed by atoms with Crippen LogP contribution >= 0.6 is 0 Å². The summed E-state index contributed by atoms with van der Waals surface area (Å²) in [6, 6.07) is 29.0. The van der Waals surface area contributed by atoms with Crippen LogP contribution in [0.15, 0.2) is 84.9 Å². The van der Waals surface area contributed by atoms with Gasteiger partial charge in [-0.25, -0.2) is 0 Å². The van der Waals surface area contributed by atoms with Crippen LogP contribution in [0.3, 0.4) is 0 Å². The van der Waals surface area contributed by atoms with Crippen LogP contribution in [0.5, 0.6) is 0 Å². The van der Waals surface area contributed by atoms with Gasteiger partial charge in [-0.05, 0) is 42.5 Å². The number of amides is 1. The fourth-order valence-electron chi connectivity index (χ4n) is 4.28. The van der Waals surface area contributed by atoms with Crippen molar-refractivity contribution in [2.45, 2.75) is 25.8 Å². The van der Waals surface area contributed by atoms with Crippen LogP contribution in [0.4, 0.5) is 5.69 Å². The molecule has 148 valence electrons. The second kappa shape index (κ2) is 9.06. The van der Waals surface area contributed by atoms with Crippen molar-refractivity contribution < 1.29 is 4.79 Å². The van der Waals surface area contributed by atoms with E-state index in [9.17, 15) is 4.79 Å². The molecule has 29 heavy (non-hydrogen) atoms. The zero-order valence-electron chi connectivity index (χ0n) is 16.9. The van der Waals surface area contributed by atoms with E-state index in [1.165, 1.54) is 16.7 Å². The van der Waals surface area contributed by atoms with Gasteiger partial charge in [-0.15, -0.1) is 0 Å². The summed E-state index contributed by atoms with van der Waals surface area (Å²) in [7, 11) is 0. The Kier molecular flexibility index (Phi) is 6.06. The summed E-state index contributed by atoms with van der Waals surface area (Å²) >= 11 is 0. The van der Waals surface area contributed by atoms with E-state index in [2.05, 4.69) is 65.7 Å². The maximum atomic E-state index is 13.1. The van der Waals surface area contributed by atoms with Gasteiger partial charge in [0.15, 0.2) is 0 Å². The third kappa shape index (κ3) is 5.12. The first-order valence-corrected chi connectivity index (χ1v) is 10.4. The van der Waals surface area contributed by atoms with Crippen molar-refractivity contribution in [2.24, 2.45) is 5.92 Å². The van der Waals surface area contributed by atoms with E-state index in [0.717, 1.165) is 31.7 Å². The van der Waals surface area contributed by atoms with Crippen molar-refractivity contribution in [1.82, 2.24) is 4.90 Å². The smallest absolute Gasteiger partial charge is 0.228 e. The largest absolute Gasteiger partial charge is 0.326 e. The van der Waals surface area contributed by atoms with Crippen molar-refractivity contribution in [3.05, 3.63) is 102 Å². The highest BCUT2D eigenvalue weighted by molar-refractivity contribution is 5.92. The van der Waals surface area contributed by atoms with E-state index in [1.807, 2.05) is 36.4 Å². The number of carbonyl (C=O) groups excluding carboxylic acids is 1. The minimum Gasteiger partial charge on any atom is -0.326 e. The van der Waals surface area contributed by atoms with Gasteiger partial charge in [0.05, 0.1) is 5.92 Å². The number of aryl methyl sites for hydroxylation is 1. The zero-order chi connectivity index (χ0) is 20.1. The first-order chi connectivity index (χ1) is 14.2. The number of benzene rings is 3. The van der Waals surface area contributed by atoms with Crippen LogP contribution in [-0.4, -0.2) is 23.9 Å². The number of rotatable bonds is 5. The lowest BCUT2D eigenvalue weighted by Crippen LogP contribution is -2.43. The third-order valence-electron chi connectivity index (χ3n) is 5.70. The Bertz CT molecular complexity index is 939. The molecule has 0 spiro atoms. The second-order valence-corrected chi connectivity index (χ2v) is 8.08. The molecule has 0 aliphatic carbocycles. The lowest BCUT2D eigenvalue weighted by molar-refractivity contribution is -0.121. The number of para-hydroxylation sites is 1. The summed E-state index contributed by atoms with van der Waals surface area (Å²) in [5.41, 5.74) is 4.76. The van der Waals surface area contributed by atoms with Crippen molar-refractivity contribution in [1.29, 1.82) is 0 Å². The lowest BCUT2D eigenvalue weighted by atomic mass is 9.83. The number of nitrogens with one attached hydrogen (secondary N) is 1. The molecule has 2 atom stereocenters. The van der Waals surface area contributed by atoms with Gasteiger partial charge in [-0.1, -0.05) is 78.4 Å². The summed E-state index contributed by atoms with van der Waals surface area (Å²) in [6.07, 6.45) is 0.882. The number of likely N-dealkylation sites (tertiary alicyclic amines) is 1. The highest BCUT2D eigenvalue weighted by Gasteiger charge is 2.32. The lowest BCUT2D eigenvalue weighted by Gasteiger charge is -2.37. The van der Waals surface area contributed by atoms with Gasteiger partial charge in [0.25, 0.3) is 0 Å². The topological polar surface area (TPSA) is 32.3 Å². The van der Waals surface area contributed by atoms with Crippen LogP contribution in [0.1, 0.15) is 29.0 Å². The number of carbonyl (C=O) groups is 1. The summed E-state index contributed by atoms with van der Waals surface area (Å²) in [6.45, 7) is 4.77. The number of hydrogen-bond donors (Lipinski definition) is 1. The van der Waals surface area contributed by atoms with Gasteiger partial charge >= 0.3 is 0 Å². The molecule has 3 nitrogen and oxygen atoms in total. The van der Waals surface area contributed by atoms with E-state index in [4.69, 9.17) is 0 Å². The minimum atomic E-state index is -0.0295. The van der Waals surface area contributed by atoms with Gasteiger partial charge in [-0.3, -0.25) is 9.69 Å². The average Bonchev–Trinajstić information content (AvgIpc) is 2.75. The maximum Gasteiger partial charge on any atom is 0.228 e. The molecule has 0 unspecified atom stereocenters. The summed E-state index contributed by atoms with van der Waals surface area (Å²) in [4.78, 5) is 15.5. The molecule has 0 saturated carbocycles. The molecule has 1 aliphatic heterocycles. The molecule has 1 fully saturated rings. The molecule has 1 amide bonds. The number of piperidine rings is 1. The van der Waals surface area contributed by atoms with Crippen LogP contribution in [-0.2, 0) is 11.3 Å². The van der Waals surface area contributed by atoms with E-state index in [0.29, 0.717) is 5.92 Å². The van der Waals surface area contributed by atoms with Crippen LogP contribution in [0, 0.1) is 12.8 Å². The molecule has 1 aliphatic rings. The molecule has 0 bridgehead atoms. The average molecular weight is 385 g/mol. The van der Waals surface area contributed by atoms with Gasteiger partial charge in [0, 0.05) is 25.3 Å². The van der Waals surface area contributed by atoms with E-state index in [-0.39, 0.29) is 11.8 Å². The number of anilines is 1. The minimum absolute atomic E-state index is 0.0295. The Hall–Kier alpha value is -2.91. The summed E-state index contributed by atoms with van der Waals surface area (Å²) in [5.74, 6) is 0.448. The predicted molar refractivity (Wildman–Crippen MR) is 119 cm³/mol. The SMILES string of the molecule is Cc1cccc([C@H]2C[C@@H](C(=O)Nc3ccccc3)CN(Cc3ccccc3)C2)c1. The molecule has 3 aromatic rings. The van der Waals surface area contributed by atoms with Crippen molar-refractivity contribution in [3.63, 3.8) is 0 Å². The Balaban J connectivity index is 1.54. The van der Waals surface area contributed by atoms with Gasteiger partial charge in [-0.2, -0.15) is 0 Å². The van der Waals surface area contributed by atoms with Gasteiger partial charge < -0.3 is 5.32 Å². The predicted octanol–water partition coefficient (Wildman–Crippen LogP) is 5.24. The molecule has 4 rings (SSSR count). The monoisotopic (exact) mass is 384 g/mol. The van der Waals surface area contributed by atoms with Crippen LogP contribution in [0.25, 0.3) is 0 Å². The van der Waals surface area contributed by atoms with E-state index in [1.54, 1.807) is 0 Å². The van der Waals surface area contributed by atoms with Crippen molar-refractivity contribution >= 4 is 11.6 Å². The van der Waals surface area contributed by atoms with Gasteiger partial charge in [0.1, 0.15) is 0 Å². The molecule has 3 aromatic carbocycles. The normalized spacial score (nSPS) is 19.6. The third-order valence-corrected chi connectivity index (χ3v) is 5.70. The van der Waals surface area contributed by atoms with Crippen molar-refractivity contribution in [2.75, 3.05) is 18.4 Å². The molecular weight excluding hydrogens is 356 g/mol. The molecular formula is C26H28N2O. The highest BCUT2D eigenvalue weighted by Crippen LogP contribution is 2.32. The fourth-order valence-corrected chi connectivity index (χ4v) is 4.28. The first-order valence-electron chi connectivity index (χ1n) is 10.4. The Morgan fingerprint density at radius 3 is 2.38 bits per heavy atom. The standard InChI is InChI=1S/C26H28N2O/c1-20-9-8-12-22(15-20)23-16-24(26(29)27-25-13-6-3-7-14-25)19-28(18-23)17-21-10-4-2-5-11-21/h2-15,23-24H,16-19H2,1H3,(H,27,29)/t23-,24+/m0/s1. The molecule has 1 N–H and O–H groups in total. The number of hydrogen-bond acceptors (Lipinski definition) is 2. The summed E-state index contributed by atoms with van der Waals surface area (Å²) < 4.78 is 0. The molecule has 0 aromatic heterocycles. The Morgan fingerprint density at radius 1 is 0.931 bits per heavy atom. The fraction of sp³-hybridized carbons (Fsp3) is 0.269. The Morgan fingerprint density at radius 2 is 1.66 bits per heavy atom. The van der Waals surface area contributed by atoms with Gasteiger partial charge in [0.2, 0.25) is 5.91 Å². The van der Waals surface area contributed by atoms with Crippen LogP contribution < -0.4 is 5.32 Å². The second-order valence-electron chi connectivity index (χ2n) is 8.08. The first kappa shape index (κ1) is 19.4. The van der Waals surface area contributed by atoms with Crippen LogP contribution in [0.2, 0.25) is 0 Å². The quantitative estimate of drug-likeness (QED) is 0.652. The number of nitrogens with zero attached hydrogens (tertiary/aromatic N) is 1. The zero-order valence-corrected chi connectivity index (χ0v) is 16.9. The molecule has 0 radical (unpaired) electrons. The maximum absolute atomic E-state index is 13.1. The molecule has 3 heteroatoms. The highest BCUT2D eigenvalue weighted by atomic mass is 16.1. The van der Waals surface area contributed by atoms with E-state index >= 15 is 0 Å². The molecule has 1 heterocycles.